The number of carboxylic acids is 1. The summed E-state index contributed by atoms with van der Waals surface area (Å²) in [6, 6.07) is 4.94. The highest BCUT2D eigenvalue weighted by molar-refractivity contribution is 5.84. The van der Waals surface area contributed by atoms with Gasteiger partial charge in [0, 0.05) is 0 Å². The zero-order valence-electron chi connectivity index (χ0n) is 21.4. The van der Waals surface area contributed by atoms with Crippen molar-refractivity contribution in [3.05, 3.63) is 29.3 Å². The number of ether oxygens (including phenoxy) is 1. The highest BCUT2D eigenvalue weighted by Crippen LogP contribution is 2.48. The molecule has 0 bridgehead atoms. The minimum Gasteiger partial charge on any atom is -0.483 e. The third kappa shape index (κ3) is 7.20. The summed E-state index contributed by atoms with van der Waals surface area (Å²) >= 11 is 0. The van der Waals surface area contributed by atoms with Crippen LogP contribution >= 0.6 is 0 Å². The SMILES string of the molecule is CCCCCC(O)CCC1C2Cc3cccc(OCC(=O)N[C@H](C(=O)O)C(C)C)c3CC2C[C@H]1O. The molecule has 0 radical (unpaired) electrons. The molecule has 2 aliphatic rings. The first-order valence-corrected chi connectivity index (χ1v) is 13.3. The summed E-state index contributed by atoms with van der Waals surface area (Å²) < 4.78 is 5.85. The maximum Gasteiger partial charge on any atom is 0.326 e. The van der Waals surface area contributed by atoms with Gasteiger partial charge in [-0.1, -0.05) is 52.2 Å². The smallest absolute Gasteiger partial charge is 0.326 e. The third-order valence-electron chi connectivity index (χ3n) is 7.93. The molecule has 6 atom stereocenters. The number of hydrogen-bond donors (Lipinski definition) is 4. The molecule has 1 saturated carbocycles. The standard InChI is InChI=1S/C28H43NO6/c1-4-5-6-9-20(30)11-12-21-22-13-18-8-7-10-25(23(18)14-19(22)15-24(21)31)35-16-26(32)29-27(17(2)3)28(33)34/h7-8,10,17,19-22,24,27,30-31H,4-6,9,11-16H2,1-3H3,(H,29,32)(H,33,34)/t19?,20?,21?,22?,24-,27+/m1/s1. The lowest BCUT2D eigenvalue weighted by Gasteiger charge is -2.32. The van der Waals surface area contributed by atoms with E-state index in [0.717, 1.165) is 63.4 Å². The molecule has 1 aromatic rings. The summed E-state index contributed by atoms with van der Waals surface area (Å²) in [4.78, 5) is 23.7. The Morgan fingerprint density at radius 3 is 2.63 bits per heavy atom. The molecule has 2 aliphatic carbocycles. The summed E-state index contributed by atoms with van der Waals surface area (Å²) in [6.45, 7) is 5.43. The molecule has 7 heteroatoms. The number of carbonyl (C=O) groups excluding carboxylic acids is 1. The Hall–Kier alpha value is -2.12. The van der Waals surface area contributed by atoms with Gasteiger partial charge < -0.3 is 25.4 Å². The molecule has 4 N–H and O–H groups in total. The van der Waals surface area contributed by atoms with Crippen molar-refractivity contribution in [3.8, 4) is 5.75 Å². The van der Waals surface area contributed by atoms with Gasteiger partial charge in [0.05, 0.1) is 12.2 Å². The van der Waals surface area contributed by atoms with Crippen LogP contribution in [0.1, 0.15) is 76.8 Å². The van der Waals surface area contributed by atoms with E-state index in [1.54, 1.807) is 13.8 Å². The molecule has 0 aromatic heterocycles. The van der Waals surface area contributed by atoms with Crippen molar-refractivity contribution >= 4 is 11.9 Å². The monoisotopic (exact) mass is 489 g/mol. The van der Waals surface area contributed by atoms with Crippen LogP contribution in [0.3, 0.4) is 0 Å². The fourth-order valence-electron chi connectivity index (χ4n) is 5.97. The van der Waals surface area contributed by atoms with Crippen molar-refractivity contribution < 1.29 is 29.6 Å². The first-order chi connectivity index (χ1) is 16.7. The predicted octanol–water partition coefficient (Wildman–Crippen LogP) is 3.72. The minimum absolute atomic E-state index is 0.202. The van der Waals surface area contributed by atoms with E-state index in [4.69, 9.17) is 4.74 Å². The molecule has 0 saturated heterocycles. The second kappa shape index (κ2) is 12.7. The first kappa shape index (κ1) is 27.5. The average molecular weight is 490 g/mol. The van der Waals surface area contributed by atoms with Gasteiger partial charge in [-0.15, -0.1) is 0 Å². The number of carboxylic acid groups (broad SMARTS) is 1. The maximum atomic E-state index is 12.3. The fraction of sp³-hybridized carbons (Fsp3) is 0.714. The number of carbonyl (C=O) groups is 2. The topological polar surface area (TPSA) is 116 Å². The molecule has 3 rings (SSSR count). The van der Waals surface area contributed by atoms with Crippen LogP contribution in [-0.2, 0) is 22.4 Å². The molecule has 0 aliphatic heterocycles. The lowest BCUT2D eigenvalue weighted by atomic mass is 9.73. The normalized spacial score (nSPS) is 25.0. The molecule has 7 nitrogen and oxygen atoms in total. The van der Waals surface area contributed by atoms with E-state index in [0.29, 0.717) is 17.6 Å². The Kier molecular flexibility index (Phi) is 9.99. The summed E-state index contributed by atoms with van der Waals surface area (Å²) in [7, 11) is 0. The van der Waals surface area contributed by atoms with Gasteiger partial charge >= 0.3 is 5.97 Å². The van der Waals surface area contributed by atoms with E-state index in [1.165, 1.54) is 5.56 Å². The van der Waals surface area contributed by atoms with Gasteiger partial charge in [-0.05, 0) is 79.4 Å². The molecule has 1 aromatic carbocycles. The zero-order chi connectivity index (χ0) is 25.5. The summed E-state index contributed by atoms with van der Waals surface area (Å²) in [5.74, 6) is -0.121. The largest absolute Gasteiger partial charge is 0.483 e. The van der Waals surface area contributed by atoms with Crippen LogP contribution in [0.25, 0.3) is 0 Å². The number of benzene rings is 1. The quantitative estimate of drug-likeness (QED) is 0.314. The van der Waals surface area contributed by atoms with Crippen LogP contribution in [0.15, 0.2) is 18.2 Å². The Morgan fingerprint density at radius 2 is 1.94 bits per heavy atom. The number of fused-ring (bicyclic) bond motifs is 2. The highest BCUT2D eigenvalue weighted by Gasteiger charge is 2.44. The molecular weight excluding hydrogens is 446 g/mol. The summed E-state index contributed by atoms with van der Waals surface area (Å²) in [5.41, 5.74) is 2.28. The molecule has 4 unspecified atom stereocenters. The van der Waals surface area contributed by atoms with E-state index in [-0.39, 0.29) is 30.7 Å². The van der Waals surface area contributed by atoms with Crippen molar-refractivity contribution in [1.29, 1.82) is 0 Å². The lowest BCUT2D eigenvalue weighted by Crippen LogP contribution is -2.46. The van der Waals surface area contributed by atoms with E-state index in [9.17, 15) is 24.9 Å². The Labute approximate surface area is 209 Å². The lowest BCUT2D eigenvalue weighted by molar-refractivity contribution is -0.143. The molecule has 1 amide bonds. The Balaban J connectivity index is 1.59. The van der Waals surface area contributed by atoms with Crippen molar-refractivity contribution in [2.75, 3.05) is 6.61 Å². The van der Waals surface area contributed by atoms with Crippen LogP contribution in [0.5, 0.6) is 5.75 Å². The number of aliphatic carboxylic acids is 1. The number of rotatable bonds is 13. The number of unbranched alkanes of at least 4 members (excludes halogenated alkanes) is 2. The maximum absolute atomic E-state index is 12.3. The third-order valence-corrected chi connectivity index (χ3v) is 7.93. The van der Waals surface area contributed by atoms with Crippen molar-refractivity contribution in [2.45, 2.75) is 96.8 Å². The molecule has 0 heterocycles. The van der Waals surface area contributed by atoms with Gasteiger partial charge in [0.15, 0.2) is 6.61 Å². The molecular formula is C28H43NO6. The summed E-state index contributed by atoms with van der Waals surface area (Å²) in [5, 5.41) is 33.0. The second-order valence-electron chi connectivity index (χ2n) is 10.8. The molecule has 1 fully saturated rings. The van der Waals surface area contributed by atoms with E-state index in [2.05, 4.69) is 18.3 Å². The van der Waals surface area contributed by atoms with Crippen LogP contribution in [0.2, 0.25) is 0 Å². The molecule has 0 spiro atoms. The van der Waals surface area contributed by atoms with E-state index < -0.39 is 17.9 Å². The van der Waals surface area contributed by atoms with Crippen LogP contribution in [-0.4, -0.2) is 52.1 Å². The van der Waals surface area contributed by atoms with Gasteiger partial charge in [-0.2, -0.15) is 0 Å². The predicted molar refractivity (Wildman–Crippen MR) is 134 cm³/mol. The number of nitrogens with one attached hydrogen (secondary N) is 1. The van der Waals surface area contributed by atoms with Gasteiger partial charge in [-0.3, -0.25) is 4.79 Å². The van der Waals surface area contributed by atoms with Crippen LogP contribution < -0.4 is 10.1 Å². The Morgan fingerprint density at radius 1 is 1.17 bits per heavy atom. The van der Waals surface area contributed by atoms with E-state index in [1.807, 2.05) is 12.1 Å². The van der Waals surface area contributed by atoms with Crippen LogP contribution in [0.4, 0.5) is 0 Å². The van der Waals surface area contributed by atoms with Gasteiger partial charge in [0.1, 0.15) is 11.8 Å². The number of aliphatic hydroxyl groups excluding tert-OH is 2. The summed E-state index contributed by atoms with van der Waals surface area (Å²) in [6.07, 6.45) is 7.57. The van der Waals surface area contributed by atoms with Gasteiger partial charge in [-0.25, -0.2) is 4.79 Å². The van der Waals surface area contributed by atoms with Crippen molar-refractivity contribution in [1.82, 2.24) is 5.32 Å². The number of aliphatic hydroxyl groups is 2. The minimum atomic E-state index is -1.06. The first-order valence-electron chi connectivity index (χ1n) is 13.3. The highest BCUT2D eigenvalue weighted by atomic mass is 16.5. The van der Waals surface area contributed by atoms with Crippen molar-refractivity contribution in [3.63, 3.8) is 0 Å². The molecule has 35 heavy (non-hydrogen) atoms. The van der Waals surface area contributed by atoms with Gasteiger partial charge in [0.2, 0.25) is 0 Å². The van der Waals surface area contributed by atoms with Crippen molar-refractivity contribution in [2.24, 2.45) is 23.7 Å². The Bertz CT molecular complexity index is 856. The number of hydrogen-bond acceptors (Lipinski definition) is 5. The molecule has 196 valence electrons. The average Bonchev–Trinajstić information content (AvgIpc) is 3.11. The number of amides is 1. The van der Waals surface area contributed by atoms with Crippen LogP contribution in [0, 0.1) is 23.7 Å². The zero-order valence-corrected chi connectivity index (χ0v) is 21.4. The van der Waals surface area contributed by atoms with E-state index >= 15 is 0 Å². The fourth-order valence-corrected chi connectivity index (χ4v) is 5.97. The second-order valence-corrected chi connectivity index (χ2v) is 10.8. The van der Waals surface area contributed by atoms with Gasteiger partial charge in [0.25, 0.3) is 5.91 Å².